The van der Waals surface area contributed by atoms with Crippen LogP contribution in [0.5, 0.6) is 0 Å². The number of rotatable bonds is 7. The normalized spacial score (nSPS) is 17.2. The van der Waals surface area contributed by atoms with Crippen molar-refractivity contribution in [2.24, 2.45) is 0 Å². The van der Waals surface area contributed by atoms with E-state index in [0.29, 0.717) is 47.4 Å². The summed E-state index contributed by atoms with van der Waals surface area (Å²) in [5.74, 6) is -0.510. The number of halogens is 3. The summed E-state index contributed by atoms with van der Waals surface area (Å²) in [4.78, 5) is 44.6. The molecule has 1 unspecified atom stereocenters. The number of allylic oxidation sites excluding steroid dienone is 4. The van der Waals surface area contributed by atoms with Crippen LogP contribution in [-0.2, 0) is 9.59 Å². The maximum Gasteiger partial charge on any atom is 0.471 e. The number of aromatic nitrogens is 4. The van der Waals surface area contributed by atoms with Gasteiger partial charge in [0.25, 0.3) is 0 Å². The number of carbonyl (C=O) groups excluding carboxylic acids is 2. The number of oxazole rings is 1. The molecule has 4 heterocycles. The Morgan fingerprint density at radius 3 is 2.74 bits per heavy atom. The first-order chi connectivity index (χ1) is 18.7. The Balaban J connectivity index is 1.31. The van der Waals surface area contributed by atoms with E-state index < -0.39 is 18.1 Å². The molecule has 2 aliphatic rings. The van der Waals surface area contributed by atoms with E-state index in [4.69, 9.17) is 4.42 Å². The van der Waals surface area contributed by atoms with E-state index in [-0.39, 0.29) is 24.7 Å². The minimum Gasteiger partial charge on any atom is -0.427 e. The number of ketones is 1. The van der Waals surface area contributed by atoms with E-state index >= 15 is 0 Å². The molecule has 202 valence electrons. The van der Waals surface area contributed by atoms with Crippen molar-refractivity contribution in [1.82, 2.24) is 25.3 Å². The van der Waals surface area contributed by atoms with E-state index in [0.717, 1.165) is 0 Å². The molecule has 3 aromatic heterocycles. The first-order valence-electron chi connectivity index (χ1n) is 12.0. The van der Waals surface area contributed by atoms with Gasteiger partial charge in [0.1, 0.15) is 11.6 Å². The fourth-order valence-electron chi connectivity index (χ4n) is 4.24. The molecule has 1 saturated heterocycles. The second-order valence-electron chi connectivity index (χ2n) is 8.92. The van der Waals surface area contributed by atoms with Crippen LogP contribution in [0.2, 0.25) is 0 Å². The van der Waals surface area contributed by atoms with Crippen molar-refractivity contribution >= 4 is 40.8 Å². The van der Waals surface area contributed by atoms with Gasteiger partial charge in [-0.15, -0.1) is 0 Å². The summed E-state index contributed by atoms with van der Waals surface area (Å²) in [6.07, 6.45) is 6.85. The molecular formula is C25H23F3N8O3. The molecule has 3 aromatic rings. The maximum absolute atomic E-state index is 12.7. The highest BCUT2D eigenvalue weighted by molar-refractivity contribution is 6.02. The SMILES string of the molecule is Cc1cnc(Nc2ccc(N3CCC(NC(=O)C(F)(F)F)C3)nc2)nc1N(C1=CC=CCC1=O)c1cnco1. The van der Waals surface area contributed by atoms with Gasteiger partial charge in [-0.3, -0.25) is 14.5 Å². The molecular weight excluding hydrogens is 517 g/mol. The van der Waals surface area contributed by atoms with E-state index in [1.807, 2.05) is 12.2 Å². The number of amides is 1. The van der Waals surface area contributed by atoms with Crippen LogP contribution in [0.15, 0.2) is 65.5 Å². The van der Waals surface area contributed by atoms with Gasteiger partial charge in [-0.2, -0.15) is 18.2 Å². The van der Waals surface area contributed by atoms with Crippen LogP contribution < -0.4 is 20.4 Å². The number of hydrogen-bond acceptors (Lipinski definition) is 10. The Hall–Kier alpha value is -4.75. The highest BCUT2D eigenvalue weighted by atomic mass is 19.4. The largest absolute Gasteiger partial charge is 0.471 e. The van der Waals surface area contributed by atoms with Crippen LogP contribution in [-0.4, -0.2) is 56.9 Å². The lowest BCUT2D eigenvalue weighted by molar-refractivity contribution is -0.174. The number of aryl methyl sites for hydroxylation is 1. The molecule has 1 aliphatic heterocycles. The number of nitrogens with one attached hydrogen (secondary N) is 2. The molecule has 1 aliphatic carbocycles. The van der Waals surface area contributed by atoms with Crippen molar-refractivity contribution in [2.45, 2.75) is 32.0 Å². The van der Waals surface area contributed by atoms with E-state index in [9.17, 15) is 22.8 Å². The zero-order valence-corrected chi connectivity index (χ0v) is 20.6. The molecule has 2 N–H and O–H groups in total. The third-order valence-electron chi connectivity index (χ3n) is 6.13. The molecule has 0 bridgehead atoms. The van der Waals surface area contributed by atoms with Crippen LogP contribution in [0.25, 0.3) is 0 Å². The summed E-state index contributed by atoms with van der Waals surface area (Å²) in [5, 5.41) is 5.09. The first-order valence-corrected chi connectivity index (χ1v) is 12.0. The van der Waals surface area contributed by atoms with Gasteiger partial charge in [0, 0.05) is 37.3 Å². The Morgan fingerprint density at radius 2 is 2.05 bits per heavy atom. The number of alkyl halides is 3. The number of hydrogen-bond donors (Lipinski definition) is 2. The summed E-state index contributed by atoms with van der Waals surface area (Å²) < 4.78 is 43.1. The van der Waals surface area contributed by atoms with Crippen LogP contribution in [0, 0.1) is 6.92 Å². The van der Waals surface area contributed by atoms with Gasteiger partial charge in [-0.05, 0) is 31.6 Å². The third-order valence-corrected chi connectivity index (χ3v) is 6.13. The molecule has 0 aromatic carbocycles. The van der Waals surface area contributed by atoms with Gasteiger partial charge >= 0.3 is 12.1 Å². The zero-order valence-electron chi connectivity index (χ0n) is 20.6. The second-order valence-corrected chi connectivity index (χ2v) is 8.92. The van der Waals surface area contributed by atoms with Crippen molar-refractivity contribution in [3.05, 3.63) is 66.6 Å². The first kappa shape index (κ1) is 25.9. The highest BCUT2D eigenvalue weighted by Crippen LogP contribution is 2.33. The molecule has 1 amide bonds. The molecule has 5 rings (SSSR count). The third kappa shape index (κ3) is 5.73. The number of carbonyl (C=O) groups is 2. The van der Waals surface area contributed by atoms with Gasteiger partial charge in [-0.25, -0.2) is 15.0 Å². The quantitative estimate of drug-likeness (QED) is 0.457. The van der Waals surface area contributed by atoms with Crippen LogP contribution >= 0.6 is 0 Å². The van der Waals surface area contributed by atoms with Crippen molar-refractivity contribution in [3.63, 3.8) is 0 Å². The summed E-state index contributed by atoms with van der Waals surface area (Å²) in [7, 11) is 0. The number of Topliss-reactive ketones (excluding diaryl/α,β-unsaturated/α-hetero) is 1. The fraction of sp³-hybridized carbons (Fsp3) is 0.280. The molecule has 11 nitrogen and oxygen atoms in total. The average Bonchev–Trinajstić information content (AvgIpc) is 3.60. The molecule has 1 fully saturated rings. The fourth-order valence-corrected chi connectivity index (χ4v) is 4.24. The van der Waals surface area contributed by atoms with Crippen molar-refractivity contribution in [2.75, 3.05) is 28.2 Å². The zero-order chi connectivity index (χ0) is 27.6. The molecule has 39 heavy (non-hydrogen) atoms. The lowest BCUT2D eigenvalue weighted by Gasteiger charge is -2.25. The lowest BCUT2D eigenvalue weighted by Crippen LogP contribution is -2.44. The lowest BCUT2D eigenvalue weighted by atomic mass is 10.1. The highest BCUT2D eigenvalue weighted by Gasteiger charge is 2.40. The Labute approximate surface area is 220 Å². The predicted octanol–water partition coefficient (Wildman–Crippen LogP) is 3.72. The summed E-state index contributed by atoms with van der Waals surface area (Å²) in [6.45, 7) is 2.48. The van der Waals surface area contributed by atoms with Gasteiger partial charge in [0.2, 0.25) is 11.8 Å². The van der Waals surface area contributed by atoms with E-state index in [1.165, 1.54) is 12.6 Å². The smallest absolute Gasteiger partial charge is 0.427 e. The van der Waals surface area contributed by atoms with E-state index in [2.05, 4.69) is 25.3 Å². The molecule has 1 atom stereocenters. The standard InChI is InChI=1S/C25H23F3N8O3/c1-15-10-31-24(34-22(15)36(21-12-29-14-39-21)18-4-2-3-5-19(18)37)33-16-6-7-20(30-11-16)35-9-8-17(13-35)32-23(38)25(26,27)28/h2-4,6-7,10-12,14,17H,5,8-9,13H2,1H3,(H,32,38)(H,31,33,34). The van der Waals surface area contributed by atoms with Gasteiger partial charge in [0.15, 0.2) is 12.2 Å². The number of pyridine rings is 1. The molecule has 0 radical (unpaired) electrons. The Kier molecular flexibility index (Phi) is 7.00. The summed E-state index contributed by atoms with van der Waals surface area (Å²) >= 11 is 0. The van der Waals surface area contributed by atoms with E-state index in [1.54, 1.807) is 52.6 Å². The van der Waals surface area contributed by atoms with Crippen LogP contribution in [0.3, 0.4) is 0 Å². The topological polar surface area (TPSA) is 129 Å². The van der Waals surface area contributed by atoms with Gasteiger partial charge in [-0.1, -0.05) is 12.2 Å². The van der Waals surface area contributed by atoms with Crippen molar-refractivity contribution in [3.8, 4) is 0 Å². The van der Waals surface area contributed by atoms with Gasteiger partial charge in [0.05, 0.1) is 23.8 Å². The molecule has 0 saturated carbocycles. The second kappa shape index (κ2) is 10.6. The van der Waals surface area contributed by atoms with Crippen LogP contribution in [0.1, 0.15) is 18.4 Å². The Morgan fingerprint density at radius 1 is 1.21 bits per heavy atom. The number of anilines is 5. The summed E-state index contributed by atoms with van der Waals surface area (Å²) in [5.41, 5.74) is 1.63. The molecule has 14 heteroatoms. The van der Waals surface area contributed by atoms with Crippen molar-refractivity contribution in [1.29, 1.82) is 0 Å². The monoisotopic (exact) mass is 540 g/mol. The maximum atomic E-state index is 12.7. The minimum absolute atomic E-state index is 0.108. The van der Waals surface area contributed by atoms with Crippen molar-refractivity contribution < 1.29 is 27.2 Å². The minimum atomic E-state index is -4.91. The predicted molar refractivity (Wildman–Crippen MR) is 135 cm³/mol. The number of nitrogens with zero attached hydrogens (tertiary/aromatic N) is 6. The molecule has 0 spiro atoms. The average molecular weight is 541 g/mol. The Bertz CT molecular complexity index is 1420. The van der Waals surface area contributed by atoms with Crippen LogP contribution in [0.4, 0.5) is 42.3 Å². The van der Waals surface area contributed by atoms with Gasteiger partial charge < -0.3 is 20.0 Å². The summed E-state index contributed by atoms with van der Waals surface area (Å²) in [6, 6.07) is 2.83.